The van der Waals surface area contributed by atoms with Crippen molar-refractivity contribution in [3.05, 3.63) is 42.0 Å². The number of imidazole rings is 1. The zero-order valence-electron chi connectivity index (χ0n) is 12.3. The number of amides is 1. The third kappa shape index (κ3) is 2.36. The maximum absolute atomic E-state index is 13.8. The summed E-state index contributed by atoms with van der Waals surface area (Å²) >= 11 is 0. The maximum atomic E-state index is 13.8. The van der Waals surface area contributed by atoms with E-state index in [4.69, 9.17) is 0 Å². The van der Waals surface area contributed by atoms with Crippen molar-refractivity contribution >= 4 is 16.9 Å². The Bertz CT molecular complexity index is 843. The predicted octanol–water partition coefficient (Wildman–Crippen LogP) is 2.19. The van der Waals surface area contributed by atoms with Crippen LogP contribution >= 0.6 is 0 Å². The topological polar surface area (TPSA) is 90.6 Å². The van der Waals surface area contributed by atoms with E-state index in [2.05, 4.69) is 25.1 Å². The van der Waals surface area contributed by atoms with E-state index in [9.17, 15) is 9.18 Å². The third-order valence-electron chi connectivity index (χ3n) is 4.23. The molecule has 1 aliphatic heterocycles. The summed E-state index contributed by atoms with van der Waals surface area (Å²) in [6.45, 7) is 0.604. The maximum Gasteiger partial charge on any atom is 0.256 e. The molecule has 1 amide bonds. The minimum absolute atomic E-state index is 0.170. The van der Waals surface area contributed by atoms with Crippen LogP contribution in [0.2, 0.25) is 0 Å². The van der Waals surface area contributed by atoms with Gasteiger partial charge in [0.15, 0.2) is 0 Å². The second-order valence-electron chi connectivity index (χ2n) is 5.63. The Labute approximate surface area is 130 Å². The largest absolute Gasteiger partial charge is 0.344 e. The number of hydrogen-bond acceptors (Lipinski definition) is 4. The molecule has 0 bridgehead atoms. The molecule has 0 spiro atoms. The number of halogens is 1. The lowest BCUT2D eigenvalue weighted by Crippen LogP contribution is -2.39. The second kappa shape index (κ2) is 5.45. The fourth-order valence-electron chi connectivity index (χ4n) is 3.17. The molecule has 3 aromatic rings. The Morgan fingerprint density at radius 3 is 3.04 bits per heavy atom. The number of nitrogens with one attached hydrogen (secondary N) is 2. The number of likely N-dealkylation sites (tertiary alicyclic amines) is 1. The van der Waals surface area contributed by atoms with Crippen molar-refractivity contribution in [2.75, 3.05) is 6.54 Å². The number of nitrogens with zero attached hydrogens (tertiary/aromatic N) is 4. The van der Waals surface area contributed by atoms with Crippen LogP contribution in [0.4, 0.5) is 4.39 Å². The van der Waals surface area contributed by atoms with Gasteiger partial charge in [0.2, 0.25) is 0 Å². The minimum atomic E-state index is -0.460. The second-order valence-corrected chi connectivity index (χ2v) is 5.63. The van der Waals surface area contributed by atoms with Crippen molar-refractivity contribution in [2.24, 2.45) is 0 Å². The highest BCUT2D eigenvalue weighted by Gasteiger charge is 2.31. The highest BCUT2D eigenvalue weighted by atomic mass is 19.1. The highest BCUT2D eigenvalue weighted by Crippen LogP contribution is 2.31. The first-order valence-corrected chi connectivity index (χ1v) is 7.53. The quantitative estimate of drug-likeness (QED) is 0.758. The summed E-state index contributed by atoms with van der Waals surface area (Å²) in [6.07, 6.45) is 5.62. The number of H-pyrrole nitrogens is 2. The van der Waals surface area contributed by atoms with Crippen molar-refractivity contribution in [3.63, 3.8) is 0 Å². The Kier molecular flexibility index (Phi) is 3.29. The van der Waals surface area contributed by atoms with Crippen LogP contribution in [0.25, 0.3) is 11.0 Å². The van der Waals surface area contributed by atoms with Gasteiger partial charge in [-0.05, 0) is 31.4 Å². The van der Waals surface area contributed by atoms with Gasteiger partial charge < -0.3 is 9.88 Å². The van der Waals surface area contributed by atoms with Crippen LogP contribution in [-0.4, -0.2) is 42.5 Å². The molecule has 1 aromatic carbocycles. The number of hydrogen-bond donors (Lipinski definition) is 2. The van der Waals surface area contributed by atoms with Gasteiger partial charge in [0.1, 0.15) is 23.5 Å². The molecule has 0 unspecified atom stereocenters. The van der Waals surface area contributed by atoms with E-state index in [1.165, 1.54) is 24.8 Å². The van der Waals surface area contributed by atoms with E-state index in [0.29, 0.717) is 23.4 Å². The number of carbonyl (C=O) groups excluding carboxylic acids is 1. The molecule has 23 heavy (non-hydrogen) atoms. The van der Waals surface area contributed by atoms with E-state index in [-0.39, 0.29) is 17.5 Å². The molecule has 3 heterocycles. The van der Waals surface area contributed by atoms with Crippen molar-refractivity contribution in [1.82, 2.24) is 30.0 Å². The van der Waals surface area contributed by atoms with E-state index < -0.39 is 5.82 Å². The zero-order chi connectivity index (χ0) is 15.8. The van der Waals surface area contributed by atoms with Gasteiger partial charge in [-0.2, -0.15) is 5.10 Å². The van der Waals surface area contributed by atoms with Gasteiger partial charge in [0.05, 0.1) is 23.4 Å². The molecule has 0 radical (unpaired) electrons. The lowest BCUT2D eigenvalue weighted by molar-refractivity contribution is 0.0602. The van der Waals surface area contributed by atoms with Crippen LogP contribution in [0.1, 0.15) is 41.5 Å². The number of aromatic nitrogens is 5. The number of fused-ring (bicyclic) bond motifs is 1. The molecule has 1 fully saturated rings. The fourth-order valence-corrected chi connectivity index (χ4v) is 3.17. The molecule has 1 saturated heterocycles. The SMILES string of the molecule is O=C(c1cc(F)cc2[nH]cnc12)N1CCCC[C@@H]1c1ncn[nH]1. The lowest BCUT2D eigenvalue weighted by Gasteiger charge is -2.34. The summed E-state index contributed by atoms with van der Waals surface area (Å²) in [5.74, 6) is -0.0336. The van der Waals surface area contributed by atoms with Crippen molar-refractivity contribution in [1.29, 1.82) is 0 Å². The van der Waals surface area contributed by atoms with Crippen LogP contribution in [0, 0.1) is 5.82 Å². The normalized spacial score (nSPS) is 18.5. The monoisotopic (exact) mass is 314 g/mol. The summed E-state index contributed by atoms with van der Waals surface area (Å²) in [5, 5.41) is 6.70. The van der Waals surface area contributed by atoms with Crippen LogP contribution in [-0.2, 0) is 0 Å². The zero-order valence-corrected chi connectivity index (χ0v) is 12.3. The van der Waals surface area contributed by atoms with Gasteiger partial charge in [-0.25, -0.2) is 14.4 Å². The van der Waals surface area contributed by atoms with E-state index >= 15 is 0 Å². The number of aromatic amines is 2. The van der Waals surface area contributed by atoms with Crippen LogP contribution in [0.15, 0.2) is 24.8 Å². The summed E-state index contributed by atoms with van der Waals surface area (Å²) in [7, 11) is 0. The van der Waals surface area contributed by atoms with Crippen molar-refractivity contribution < 1.29 is 9.18 Å². The predicted molar refractivity (Wildman–Crippen MR) is 80.1 cm³/mol. The highest BCUT2D eigenvalue weighted by molar-refractivity contribution is 6.05. The molecule has 7 nitrogen and oxygen atoms in total. The van der Waals surface area contributed by atoms with Crippen molar-refractivity contribution in [3.8, 4) is 0 Å². The smallest absolute Gasteiger partial charge is 0.256 e. The molecule has 1 atom stereocenters. The molecule has 8 heteroatoms. The number of benzene rings is 1. The molecule has 0 saturated carbocycles. The molecule has 1 aliphatic rings. The Balaban J connectivity index is 1.75. The Morgan fingerprint density at radius 1 is 1.30 bits per heavy atom. The number of rotatable bonds is 2. The third-order valence-corrected chi connectivity index (χ3v) is 4.23. The standard InChI is InChI=1S/C15H15FN6O/c16-9-5-10(13-11(6-9)17-7-18-13)15(23)22-4-2-1-3-12(22)14-19-8-20-21-14/h5-8,12H,1-4H2,(H,17,18)(H,19,20,21)/t12-/m1/s1. The summed E-state index contributed by atoms with van der Waals surface area (Å²) in [6, 6.07) is 2.41. The van der Waals surface area contributed by atoms with E-state index in [0.717, 1.165) is 19.3 Å². The van der Waals surface area contributed by atoms with Gasteiger partial charge in [0.25, 0.3) is 5.91 Å². The Morgan fingerprint density at radius 2 is 2.22 bits per heavy atom. The van der Waals surface area contributed by atoms with Gasteiger partial charge in [-0.1, -0.05) is 0 Å². The van der Waals surface area contributed by atoms with E-state index in [1.807, 2.05) is 0 Å². The van der Waals surface area contributed by atoms with Gasteiger partial charge in [0, 0.05) is 6.54 Å². The van der Waals surface area contributed by atoms with Gasteiger partial charge in [-0.15, -0.1) is 0 Å². The first-order valence-electron chi connectivity index (χ1n) is 7.53. The first-order chi connectivity index (χ1) is 11.2. The molecule has 2 aromatic heterocycles. The molecule has 2 N–H and O–H groups in total. The van der Waals surface area contributed by atoms with Crippen LogP contribution in [0.3, 0.4) is 0 Å². The first kappa shape index (κ1) is 13.9. The lowest BCUT2D eigenvalue weighted by atomic mass is 10.00. The average molecular weight is 314 g/mol. The summed E-state index contributed by atoms with van der Waals surface area (Å²) < 4.78 is 13.8. The van der Waals surface area contributed by atoms with Gasteiger partial charge >= 0.3 is 0 Å². The average Bonchev–Trinajstić information content (AvgIpc) is 3.24. The van der Waals surface area contributed by atoms with Crippen LogP contribution in [0.5, 0.6) is 0 Å². The molecule has 0 aliphatic carbocycles. The Hall–Kier alpha value is -2.77. The van der Waals surface area contributed by atoms with E-state index in [1.54, 1.807) is 4.90 Å². The van der Waals surface area contributed by atoms with Gasteiger partial charge in [-0.3, -0.25) is 9.89 Å². The fraction of sp³-hybridized carbons (Fsp3) is 0.333. The minimum Gasteiger partial charge on any atom is -0.344 e. The van der Waals surface area contributed by atoms with Crippen LogP contribution < -0.4 is 0 Å². The molecular formula is C15H15FN6O. The van der Waals surface area contributed by atoms with Crippen molar-refractivity contribution in [2.45, 2.75) is 25.3 Å². The number of carbonyl (C=O) groups is 1. The molecule has 4 rings (SSSR count). The molecular weight excluding hydrogens is 299 g/mol. The summed E-state index contributed by atoms with van der Waals surface area (Å²) in [5.41, 5.74) is 1.27. The number of piperidine rings is 1. The molecule has 118 valence electrons. The summed E-state index contributed by atoms with van der Waals surface area (Å²) in [4.78, 5) is 25.9.